The Balaban J connectivity index is 2.09. The molecule has 3 nitrogen and oxygen atoms in total. The Hall–Kier alpha value is -1.42. The van der Waals surface area contributed by atoms with Crippen molar-refractivity contribution in [3.05, 3.63) is 35.1 Å². The van der Waals surface area contributed by atoms with Crippen LogP contribution >= 0.6 is 0 Å². The van der Waals surface area contributed by atoms with Gasteiger partial charge in [-0.2, -0.15) is 0 Å². The largest absolute Gasteiger partial charge is 0.459 e. The van der Waals surface area contributed by atoms with Crippen LogP contribution < -0.4 is 5.32 Å². The molecule has 1 aliphatic rings. The van der Waals surface area contributed by atoms with Gasteiger partial charge in [-0.3, -0.25) is 4.79 Å². The van der Waals surface area contributed by atoms with E-state index in [-0.39, 0.29) is 11.8 Å². The molecule has 0 fully saturated rings. The van der Waals surface area contributed by atoms with Gasteiger partial charge in [-0.15, -0.1) is 0 Å². The van der Waals surface area contributed by atoms with E-state index in [4.69, 9.17) is 4.74 Å². The molecule has 1 N–H and O–H groups in total. The van der Waals surface area contributed by atoms with Crippen LogP contribution in [-0.2, 0) is 22.5 Å². The van der Waals surface area contributed by atoms with Gasteiger partial charge in [-0.05, 0) is 50.5 Å². The molecule has 1 aliphatic heterocycles. The van der Waals surface area contributed by atoms with E-state index in [0.717, 1.165) is 11.1 Å². The van der Waals surface area contributed by atoms with Crippen molar-refractivity contribution in [2.24, 2.45) is 0 Å². The number of carbonyl (C=O) groups is 1. The summed E-state index contributed by atoms with van der Waals surface area (Å²) in [5.74, 6) is -0.545. The number of hydrogen-bond acceptors (Lipinski definition) is 3. The second-order valence-electron chi connectivity index (χ2n) is 5.58. The van der Waals surface area contributed by atoms with E-state index in [1.807, 2.05) is 20.8 Å². The topological polar surface area (TPSA) is 38.3 Å². The number of rotatable bonds is 1. The molecule has 1 aromatic carbocycles. The zero-order chi connectivity index (χ0) is 13.3. The number of hydrogen-bond donors (Lipinski definition) is 1. The third-order valence-electron chi connectivity index (χ3n) is 2.82. The fourth-order valence-corrected chi connectivity index (χ4v) is 2.02. The molecule has 0 unspecified atom stereocenters. The maximum atomic E-state index is 13.2. The van der Waals surface area contributed by atoms with Crippen molar-refractivity contribution in [1.29, 1.82) is 0 Å². The third-order valence-corrected chi connectivity index (χ3v) is 2.82. The molecule has 1 aromatic rings. The Labute approximate surface area is 106 Å². The van der Waals surface area contributed by atoms with Gasteiger partial charge in [-0.1, -0.05) is 6.07 Å². The van der Waals surface area contributed by atoms with Crippen molar-refractivity contribution < 1.29 is 13.9 Å². The molecule has 18 heavy (non-hydrogen) atoms. The van der Waals surface area contributed by atoms with Gasteiger partial charge >= 0.3 is 5.97 Å². The molecule has 98 valence electrons. The molecule has 0 amide bonds. The Bertz CT molecular complexity index is 465. The normalized spacial score (nSPS) is 19.2. The molecule has 0 saturated carbocycles. The van der Waals surface area contributed by atoms with Gasteiger partial charge in [0.05, 0.1) is 0 Å². The molecule has 0 spiro atoms. The van der Waals surface area contributed by atoms with Gasteiger partial charge in [0.2, 0.25) is 0 Å². The Morgan fingerprint density at radius 1 is 1.39 bits per heavy atom. The highest BCUT2D eigenvalue weighted by Crippen LogP contribution is 2.20. The number of carbonyl (C=O) groups excluding carboxylic acids is 1. The Kier molecular flexibility index (Phi) is 3.39. The van der Waals surface area contributed by atoms with Crippen LogP contribution in [-0.4, -0.2) is 17.6 Å². The maximum Gasteiger partial charge on any atom is 0.324 e. The van der Waals surface area contributed by atoms with Gasteiger partial charge in [0.25, 0.3) is 0 Å². The fourth-order valence-electron chi connectivity index (χ4n) is 2.02. The first kappa shape index (κ1) is 13.0. The van der Waals surface area contributed by atoms with Crippen LogP contribution in [0.5, 0.6) is 0 Å². The summed E-state index contributed by atoms with van der Waals surface area (Å²) in [5.41, 5.74) is 1.42. The van der Waals surface area contributed by atoms with Crippen LogP contribution in [0.25, 0.3) is 0 Å². The summed E-state index contributed by atoms with van der Waals surface area (Å²) in [6.45, 7) is 6.07. The molecule has 0 saturated heterocycles. The Morgan fingerprint density at radius 2 is 2.11 bits per heavy atom. The molecule has 0 aliphatic carbocycles. The number of fused-ring (bicyclic) bond motifs is 1. The molecule has 0 bridgehead atoms. The van der Waals surface area contributed by atoms with Crippen LogP contribution in [0.1, 0.15) is 31.9 Å². The smallest absolute Gasteiger partial charge is 0.324 e. The van der Waals surface area contributed by atoms with Crippen LogP contribution in [0.2, 0.25) is 0 Å². The van der Waals surface area contributed by atoms with Crippen LogP contribution in [0, 0.1) is 5.82 Å². The summed E-state index contributed by atoms with van der Waals surface area (Å²) in [7, 11) is 0. The highest BCUT2D eigenvalue weighted by atomic mass is 19.1. The summed E-state index contributed by atoms with van der Waals surface area (Å²) in [4.78, 5) is 11.9. The van der Waals surface area contributed by atoms with Crippen LogP contribution in [0.15, 0.2) is 18.2 Å². The summed E-state index contributed by atoms with van der Waals surface area (Å²) < 4.78 is 18.5. The van der Waals surface area contributed by atoms with Crippen LogP contribution in [0.3, 0.4) is 0 Å². The van der Waals surface area contributed by atoms with E-state index in [1.165, 1.54) is 12.1 Å². The van der Waals surface area contributed by atoms with E-state index in [9.17, 15) is 9.18 Å². The summed E-state index contributed by atoms with van der Waals surface area (Å²) >= 11 is 0. The lowest BCUT2D eigenvalue weighted by Crippen LogP contribution is -2.45. The van der Waals surface area contributed by atoms with Gasteiger partial charge in [0.1, 0.15) is 17.5 Å². The standard InChI is InChI=1S/C14H18FNO2/c1-14(2,3)18-13(17)12-7-10-6-11(15)5-4-9(10)8-16-12/h4-6,12,16H,7-8H2,1-3H3/t12-/m1/s1. The average Bonchev–Trinajstić information content (AvgIpc) is 2.25. The first-order valence-corrected chi connectivity index (χ1v) is 6.09. The zero-order valence-corrected chi connectivity index (χ0v) is 10.9. The summed E-state index contributed by atoms with van der Waals surface area (Å²) in [6.07, 6.45) is 0.474. The fraction of sp³-hybridized carbons (Fsp3) is 0.500. The van der Waals surface area contributed by atoms with E-state index in [2.05, 4.69) is 5.32 Å². The monoisotopic (exact) mass is 251 g/mol. The first-order valence-electron chi connectivity index (χ1n) is 6.09. The summed E-state index contributed by atoms with van der Waals surface area (Å²) in [5, 5.41) is 3.12. The van der Waals surface area contributed by atoms with Crippen molar-refractivity contribution in [1.82, 2.24) is 5.32 Å². The predicted octanol–water partition coefficient (Wildman–Crippen LogP) is 2.18. The molecule has 2 rings (SSSR count). The highest BCUT2D eigenvalue weighted by Gasteiger charge is 2.28. The highest BCUT2D eigenvalue weighted by molar-refractivity contribution is 5.77. The van der Waals surface area contributed by atoms with E-state index >= 15 is 0 Å². The number of halogens is 1. The molecular weight excluding hydrogens is 233 g/mol. The van der Waals surface area contributed by atoms with E-state index < -0.39 is 11.6 Å². The van der Waals surface area contributed by atoms with Gasteiger partial charge < -0.3 is 10.1 Å². The number of ether oxygens (including phenoxy) is 1. The quantitative estimate of drug-likeness (QED) is 0.777. The molecule has 0 aromatic heterocycles. The molecule has 0 radical (unpaired) electrons. The van der Waals surface area contributed by atoms with Crippen molar-refractivity contribution in [3.8, 4) is 0 Å². The lowest BCUT2D eigenvalue weighted by atomic mass is 9.95. The predicted molar refractivity (Wildman–Crippen MR) is 66.6 cm³/mol. The first-order chi connectivity index (χ1) is 8.35. The van der Waals surface area contributed by atoms with Crippen molar-refractivity contribution in [3.63, 3.8) is 0 Å². The van der Waals surface area contributed by atoms with Crippen LogP contribution in [0.4, 0.5) is 4.39 Å². The second kappa shape index (κ2) is 4.69. The van der Waals surface area contributed by atoms with Gasteiger partial charge in [-0.25, -0.2) is 4.39 Å². The van der Waals surface area contributed by atoms with Crippen molar-refractivity contribution >= 4 is 5.97 Å². The molecule has 4 heteroatoms. The van der Waals surface area contributed by atoms with Gasteiger partial charge in [0.15, 0.2) is 0 Å². The minimum Gasteiger partial charge on any atom is -0.459 e. The minimum absolute atomic E-state index is 0.265. The van der Waals surface area contributed by atoms with E-state index in [0.29, 0.717) is 13.0 Å². The van der Waals surface area contributed by atoms with Gasteiger partial charge in [0, 0.05) is 6.54 Å². The Morgan fingerprint density at radius 3 is 2.78 bits per heavy atom. The second-order valence-corrected chi connectivity index (χ2v) is 5.58. The van der Waals surface area contributed by atoms with E-state index in [1.54, 1.807) is 6.07 Å². The number of benzene rings is 1. The van der Waals surface area contributed by atoms with Crippen molar-refractivity contribution in [2.45, 2.75) is 45.4 Å². The van der Waals surface area contributed by atoms with Crippen molar-refractivity contribution in [2.75, 3.05) is 0 Å². The third kappa shape index (κ3) is 3.07. The number of esters is 1. The molecule has 1 heterocycles. The lowest BCUT2D eigenvalue weighted by Gasteiger charge is -2.28. The maximum absolute atomic E-state index is 13.2. The lowest BCUT2D eigenvalue weighted by molar-refractivity contribution is -0.157. The average molecular weight is 251 g/mol. The zero-order valence-electron chi connectivity index (χ0n) is 10.9. The summed E-state index contributed by atoms with van der Waals surface area (Å²) in [6, 6.07) is 4.30. The molecule has 1 atom stereocenters. The minimum atomic E-state index is -0.499. The molecular formula is C14H18FNO2. The SMILES string of the molecule is CC(C)(C)OC(=O)[C@H]1Cc2cc(F)ccc2CN1. The number of nitrogens with one attached hydrogen (secondary N) is 1.